The molecule has 1 unspecified atom stereocenters. The lowest BCUT2D eigenvalue weighted by Gasteiger charge is -2.07. The minimum atomic E-state index is -0.742. The van der Waals surface area contributed by atoms with E-state index in [0.717, 1.165) is 17.1 Å². The van der Waals surface area contributed by atoms with E-state index in [-0.39, 0.29) is 5.78 Å². The van der Waals surface area contributed by atoms with Gasteiger partial charge in [0.25, 0.3) is 0 Å². The summed E-state index contributed by atoms with van der Waals surface area (Å²) in [7, 11) is 6.47. The highest BCUT2D eigenvalue weighted by atomic mass is 16.5. The SMILES string of the molecule is CC(=O)c1ccccn1.COc1cc(/C=C/C(O)c2ccccn2)cc(OC)c1.COc1cccc(OC)c1. The number of aliphatic hydroxyl groups is 1. The Morgan fingerprint density at radius 2 is 1.26 bits per heavy atom. The maximum Gasteiger partial charge on any atom is 0.178 e. The number of ketones is 1. The summed E-state index contributed by atoms with van der Waals surface area (Å²) in [6, 6.07) is 23.7. The third-order valence-electron chi connectivity index (χ3n) is 5.14. The molecule has 4 rings (SSSR count). The van der Waals surface area contributed by atoms with E-state index in [2.05, 4.69) is 9.97 Å². The second kappa shape index (κ2) is 16.9. The highest BCUT2D eigenvalue weighted by molar-refractivity contribution is 5.91. The van der Waals surface area contributed by atoms with Gasteiger partial charge in [-0.15, -0.1) is 0 Å². The molecule has 2 aromatic carbocycles. The van der Waals surface area contributed by atoms with Gasteiger partial charge in [-0.2, -0.15) is 0 Å². The van der Waals surface area contributed by atoms with Crippen molar-refractivity contribution in [2.45, 2.75) is 13.0 Å². The predicted molar refractivity (Wildman–Crippen MR) is 152 cm³/mol. The highest BCUT2D eigenvalue weighted by Crippen LogP contribution is 2.24. The summed E-state index contributed by atoms with van der Waals surface area (Å²) in [5.41, 5.74) is 2.02. The molecule has 0 aliphatic heterocycles. The Bertz CT molecular complexity index is 1260. The standard InChI is InChI=1S/C16H17NO3.C8H10O2.C7H7NO/c1-19-13-9-12(10-14(11-13)20-2)6-7-16(18)15-5-3-4-8-17-15;1-9-7-4-3-5-8(6-7)10-2;1-6(9)7-4-2-3-5-8-7/h3-11,16,18H,1-2H3;3-6H,1-2H3;2-5H,1H3/b7-6+;;. The van der Waals surface area contributed by atoms with E-state index < -0.39 is 6.10 Å². The van der Waals surface area contributed by atoms with Crippen LogP contribution in [-0.2, 0) is 0 Å². The van der Waals surface area contributed by atoms with E-state index in [1.165, 1.54) is 6.92 Å². The molecule has 1 N–H and O–H groups in total. The van der Waals surface area contributed by atoms with Crippen molar-refractivity contribution in [3.63, 3.8) is 0 Å². The van der Waals surface area contributed by atoms with E-state index in [0.29, 0.717) is 22.9 Å². The van der Waals surface area contributed by atoms with Crippen molar-refractivity contribution in [2.75, 3.05) is 28.4 Å². The molecule has 39 heavy (non-hydrogen) atoms. The van der Waals surface area contributed by atoms with Crippen molar-refractivity contribution < 1.29 is 28.8 Å². The first kappa shape index (κ1) is 30.5. The molecule has 0 amide bonds. The number of pyridine rings is 2. The second-order valence-electron chi connectivity index (χ2n) is 7.86. The van der Waals surface area contributed by atoms with E-state index in [4.69, 9.17) is 18.9 Å². The molecule has 0 fully saturated rings. The van der Waals surface area contributed by atoms with Crippen LogP contribution in [-0.4, -0.2) is 49.3 Å². The first-order valence-electron chi connectivity index (χ1n) is 12.0. The molecular weight excluding hydrogens is 496 g/mol. The zero-order valence-electron chi connectivity index (χ0n) is 22.8. The summed E-state index contributed by atoms with van der Waals surface area (Å²) in [6.07, 6.45) is 6.01. The number of methoxy groups -OCH3 is 4. The van der Waals surface area contributed by atoms with E-state index >= 15 is 0 Å². The zero-order chi connectivity index (χ0) is 28.5. The Labute approximate surface area is 229 Å². The maximum absolute atomic E-state index is 10.6. The average Bonchev–Trinajstić information content (AvgIpc) is 3.01. The zero-order valence-corrected chi connectivity index (χ0v) is 22.8. The summed E-state index contributed by atoms with van der Waals surface area (Å²) in [4.78, 5) is 18.5. The highest BCUT2D eigenvalue weighted by Gasteiger charge is 2.04. The number of nitrogens with zero attached hydrogens (tertiary/aromatic N) is 2. The Morgan fingerprint density at radius 3 is 1.69 bits per heavy atom. The average molecular weight is 531 g/mol. The summed E-state index contributed by atoms with van der Waals surface area (Å²) in [6.45, 7) is 1.50. The van der Waals surface area contributed by atoms with Gasteiger partial charge in [0.05, 0.1) is 34.1 Å². The number of carbonyl (C=O) groups is 1. The van der Waals surface area contributed by atoms with Crippen molar-refractivity contribution in [3.8, 4) is 23.0 Å². The van der Waals surface area contributed by atoms with Crippen LogP contribution >= 0.6 is 0 Å². The number of hydrogen-bond donors (Lipinski definition) is 1. The Kier molecular flexibility index (Phi) is 13.3. The van der Waals surface area contributed by atoms with Gasteiger partial charge in [0.2, 0.25) is 0 Å². The molecule has 0 saturated carbocycles. The van der Waals surface area contributed by atoms with Crippen molar-refractivity contribution in [1.82, 2.24) is 9.97 Å². The molecule has 2 heterocycles. The second-order valence-corrected chi connectivity index (χ2v) is 7.86. The molecule has 4 aromatic rings. The normalized spacial score (nSPS) is 10.7. The van der Waals surface area contributed by atoms with E-state index in [1.54, 1.807) is 77.2 Å². The molecule has 0 saturated heterocycles. The summed E-state index contributed by atoms with van der Waals surface area (Å²) in [5, 5.41) is 10.0. The summed E-state index contributed by atoms with van der Waals surface area (Å²) < 4.78 is 20.4. The molecule has 204 valence electrons. The van der Waals surface area contributed by atoms with Crippen LogP contribution < -0.4 is 18.9 Å². The van der Waals surface area contributed by atoms with Gasteiger partial charge in [-0.3, -0.25) is 14.8 Å². The smallest absolute Gasteiger partial charge is 0.178 e. The number of aliphatic hydroxyl groups excluding tert-OH is 1. The molecule has 0 spiro atoms. The fourth-order valence-corrected chi connectivity index (χ4v) is 3.08. The molecular formula is C31H34N2O6. The van der Waals surface area contributed by atoms with Gasteiger partial charge < -0.3 is 24.1 Å². The Balaban J connectivity index is 0.000000233. The Morgan fingerprint density at radius 1 is 0.718 bits per heavy atom. The van der Waals surface area contributed by atoms with Gasteiger partial charge in [-0.25, -0.2) is 0 Å². The fourth-order valence-electron chi connectivity index (χ4n) is 3.08. The maximum atomic E-state index is 10.6. The number of ether oxygens (including phenoxy) is 4. The molecule has 8 heteroatoms. The third kappa shape index (κ3) is 11.1. The molecule has 0 aliphatic rings. The molecule has 1 atom stereocenters. The van der Waals surface area contributed by atoms with Crippen molar-refractivity contribution >= 4 is 11.9 Å². The van der Waals surface area contributed by atoms with Crippen LogP contribution in [0, 0.1) is 0 Å². The van der Waals surface area contributed by atoms with Gasteiger partial charge in [0, 0.05) is 31.5 Å². The van der Waals surface area contributed by atoms with Crippen LogP contribution in [0.15, 0.2) is 97.3 Å². The third-order valence-corrected chi connectivity index (χ3v) is 5.14. The van der Waals surface area contributed by atoms with Crippen LogP contribution in [0.25, 0.3) is 6.08 Å². The minimum absolute atomic E-state index is 0.00981. The molecule has 0 bridgehead atoms. The summed E-state index contributed by atoms with van der Waals surface area (Å²) in [5.74, 6) is 3.06. The molecule has 0 aliphatic carbocycles. The van der Waals surface area contributed by atoms with Gasteiger partial charge in [-0.05, 0) is 60.2 Å². The van der Waals surface area contributed by atoms with Gasteiger partial charge in [0.1, 0.15) is 34.8 Å². The fraction of sp³-hybridized carbons (Fsp3) is 0.194. The largest absolute Gasteiger partial charge is 0.497 e. The lowest BCUT2D eigenvalue weighted by atomic mass is 10.1. The van der Waals surface area contributed by atoms with E-state index in [1.807, 2.05) is 54.6 Å². The number of aromatic nitrogens is 2. The van der Waals surface area contributed by atoms with Crippen LogP contribution in [0.5, 0.6) is 23.0 Å². The van der Waals surface area contributed by atoms with E-state index in [9.17, 15) is 9.90 Å². The number of Topliss-reactive ketones (excluding diaryl/α,β-unsaturated/α-hetero) is 1. The first-order chi connectivity index (χ1) is 18.9. The monoisotopic (exact) mass is 530 g/mol. The number of benzene rings is 2. The number of rotatable bonds is 8. The van der Waals surface area contributed by atoms with Gasteiger partial charge >= 0.3 is 0 Å². The van der Waals surface area contributed by atoms with Crippen LogP contribution in [0.4, 0.5) is 0 Å². The van der Waals surface area contributed by atoms with Crippen molar-refractivity contribution in [3.05, 3.63) is 114 Å². The number of carbonyl (C=O) groups excluding carboxylic acids is 1. The quantitative estimate of drug-likeness (QED) is 0.284. The topological polar surface area (TPSA) is 100 Å². The van der Waals surface area contributed by atoms with Crippen molar-refractivity contribution in [1.29, 1.82) is 0 Å². The molecule has 0 radical (unpaired) electrons. The minimum Gasteiger partial charge on any atom is -0.497 e. The molecule has 2 aromatic heterocycles. The van der Waals surface area contributed by atoms with Gasteiger partial charge in [-0.1, -0.05) is 24.3 Å². The lowest BCUT2D eigenvalue weighted by molar-refractivity contribution is 0.101. The molecule has 8 nitrogen and oxygen atoms in total. The van der Waals surface area contributed by atoms with Gasteiger partial charge in [0.15, 0.2) is 5.78 Å². The van der Waals surface area contributed by atoms with Crippen LogP contribution in [0.1, 0.15) is 34.8 Å². The number of hydrogen-bond acceptors (Lipinski definition) is 8. The Hall–Kier alpha value is -4.69. The predicted octanol–water partition coefficient (Wildman–Crippen LogP) is 5.83. The lowest BCUT2D eigenvalue weighted by Crippen LogP contribution is -1.95. The van der Waals surface area contributed by atoms with Crippen molar-refractivity contribution in [2.24, 2.45) is 0 Å². The first-order valence-corrected chi connectivity index (χ1v) is 12.0. The summed E-state index contributed by atoms with van der Waals surface area (Å²) >= 11 is 0. The van der Waals surface area contributed by atoms with Crippen LogP contribution in [0.3, 0.4) is 0 Å². The van der Waals surface area contributed by atoms with Crippen LogP contribution in [0.2, 0.25) is 0 Å².